The standard InChI is InChI=1S/C2H2F2O2.CH3.Cu.FHO2S.HI/c3-1(4)2(5)6;;;1-4(2)3;/h1H,(H,5,6);1H3;;(H,2,3);1H/q;-1;+2;;/p-1. The summed E-state index contributed by atoms with van der Waals surface area (Å²) >= 11 is -3.36. The van der Waals surface area contributed by atoms with Crippen LogP contribution in [0.2, 0.25) is 0 Å². The van der Waals surface area contributed by atoms with Crippen LogP contribution >= 0.6 is 24.0 Å². The molecule has 0 aliphatic heterocycles. The maximum absolute atomic E-state index is 10.6. The summed E-state index contributed by atoms with van der Waals surface area (Å²) in [5, 5.41) is 7.24. The SMILES string of the molecule is I.O=C(O)C(F)F.O=S([O-])F.[CH3-].[Cu+2]. The molecule has 0 spiro atoms. The third-order valence-electron chi connectivity index (χ3n) is 0.187. The molecule has 10 heteroatoms. The van der Waals surface area contributed by atoms with E-state index in [4.69, 9.17) is 18.7 Å². The van der Waals surface area contributed by atoms with Crippen LogP contribution in [0.3, 0.4) is 0 Å². The van der Waals surface area contributed by atoms with Gasteiger partial charge in [0, 0.05) is 0 Å². The third kappa shape index (κ3) is 66.7. The molecule has 0 amide bonds. The van der Waals surface area contributed by atoms with Gasteiger partial charge in [-0.1, -0.05) is 0 Å². The van der Waals surface area contributed by atoms with E-state index in [1.807, 2.05) is 0 Å². The molecule has 0 aliphatic rings. The van der Waals surface area contributed by atoms with E-state index in [0.29, 0.717) is 0 Å². The third-order valence-corrected chi connectivity index (χ3v) is 0.187. The van der Waals surface area contributed by atoms with Gasteiger partial charge in [-0.2, -0.15) is 8.78 Å². The van der Waals surface area contributed by atoms with E-state index in [1.165, 1.54) is 0 Å². The van der Waals surface area contributed by atoms with E-state index in [9.17, 15) is 12.7 Å². The molecule has 87 valence electrons. The monoisotopic (exact) mass is 385 g/mol. The van der Waals surface area contributed by atoms with E-state index in [-0.39, 0.29) is 48.5 Å². The fourth-order valence-corrected chi connectivity index (χ4v) is 0. The van der Waals surface area contributed by atoms with E-state index in [0.717, 1.165) is 0 Å². The molecular weight excluding hydrogens is 380 g/mol. The van der Waals surface area contributed by atoms with Gasteiger partial charge in [-0.3, -0.25) is 0 Å². The van der Waals surface area contributed by atoms with E-state index in [1.54, 1.807) is 0 Å². The summed E-state index contributed by atoms with van der Waals surface area (Å²) in [7, 11) is 0. The Morgan fingerprint density at radius 1 is 1.46 bits per heavy atom. The van der Waals surface area contributed by atoms with Crippen molar-refractivity contribution in [1.82, 2.24) is 0 Å². The van der Waals surface area contributed by atoms with Gasteiger partial charge in [0.05, 0.1) is 0 Å². The number of aliphatic carboxylic acids is 1. The van der Waals surface area contributed by atoms with Crippen molar-refractivity contribution in [3.05, 3.63) is 7.43 Å². The van der Waals surface area contributed by atoms with Gasteiger partial charge < -0.3 is 17.1 Å². The normalized spacial score (nSPS) is 9.00. The average Bonchev–Trinajstić information content (AvgIpc) is 1.63. The number of carboxylic acid groups (broad SMARTS) is 1. The molecule has 13 heavy (non-hydrogen) atoms. The summed E-state index contributed by atoms with van der Waals surface area (Å²) in [6.45, 7) is 0. The number of rotatable bonds is 1. The van der Waals surface area contributed by atoms with Crippen molar-refractivity contribution in [3.8, 4) is 0 Å². The molecule has 1 atom stereocenters. The number of carboxylic acids is 1. The summed E-state index contributed by atoms with van der Waals surface area (Å²) in [5.74, 6) is -2.07. The zero-order valence-electron chi connectivity index (χ0n) is 6.00. The number of hydrogen-bond acceptors (Lipinski definition) is 3. The molecule has 0 rings (SSSR count). The zero-order chi connectivity index (χ0) is 8.73. The minimum atomic E-state index is -3.36. The van der Waals surface area contributed by atoms with Crippen molar-refractivity contribution in [1.29, 1.82) is 0 Å². The predicted octanol–water partition coefficient (Wildman–Crippen LogP) is 1.15. The molecule has 0 aromatic carbocycles. The Kier molecular flexibility index (Phi) is 41.3. The van der Waals surface area contributed by atoms with Crippen molar-refractivity contribution in [2.45, 2.75) is 6.43 Å². The second kappa shape index (κ2) is 18.4. The Morgan fingerprint density at radius 2 is 1.54 bits per heavy atom. The van der Waals surface area contributed by atoms with Gasteiger partial charge in [0.25, 0.3) is 0 Å². The number of alkyl halides is 2. The fourth-order valence-electron chi connectivity index (χ4n) is 0. The maximum Gasteiger partial charge on any atom is 2.00 e. The molecule has 0 aromatic heterocycles. The Balaban J connectivity index is -0.0000000279. The fraction of sp³-hybridized carbons (Fsp3) is 0.333. The van der Waals surface area contributed by atoms with Crippen LogP contribution in [0.4, 0.5) is 12.7 Å². The van der Waals surface area contributed by atoms with Crippen LogP contribution in [0.25, 0.3) is 0 Å². The molecular formula is C3H6CuF3IO4S. The smallest absolute Gasteiger partial charge is 0.746 e. The first-order valence-corrected chi connectivity index (χ1v) is 2.62. The molecule has 0 saturated heterocycles. The average molecular weight is 386 g/mol. The molecule has 1 N–H and O–H groups in total. The predicted molar refractivity (Wildman–Crippen MR) is 45.5 cm³/mol. The molecule has 0 aromatic rings. The Bertz CT molecular complexity index is 134. The zero-order valence-corrected chi connectivity index (χ0v) is 10.1. The number of halogens is 4. The minimum absolute atomic E-state index is 0. The van der Waals surface area contributed by atoms with Crippen LogP contribution in [0.5, 0.6) is 0 Å². The molecule has 0 heterocycles. The second-order valence-electron chi connectivity index (χ2n) is 0.833. The largest absolute Gasteiger partial charge is 2.00 e. The molecule has 1 unspecified atom stereocenters. The van der Waals surface area contributed by atoms with Gasteiger partial charge in [-0.15, -0.1) is 27.9 Å². The van der Waals surface area contributed by atoms with E-state index in [2.05, 4.69) is 0 Å². The van der Waals surface area contributed by atoms with Crippen LogP contribution in [0, 0.1) is 7.43 Å². The Labute approximate surface area is 103 Å². The topological polar surface area (TPSA) is 77.4 Å². The first-order valence-electron chi connectivity index (χ1n) is 1.64. The molecule has 0 saturated carbocycles. The van der Waals surface area contributed by atoms with Crippen molar-refractivity contribution in [2.24, 2.45) is 0 Å². The van der Waals surface area contributed by atoms with Crippen LogP contribution in [0.15, 0.2) is 0 Å². The van der Waals surface area contributed by atoms with Crippen LogP contribution < -0.4 is 0 Å². The van der Waals surface area contributed by atoms with Crippen molar-refractivity contribution < 1.29 is 48.4 Å². The Hall–Kier alpha value is 0.619. The first kappa shape index (κ1) is 29.2. The Morgan fingerprint density at radius 3 is 1.54 bits per heavy atom. The van der Waals surface area contributed by atoms with Gasteiger partial charge in [-0.05, 0) is 0 Å². The quantitative estimate of drug-likeness (QED) is 0.241. The van der Waals surface area contributed by atoms with E-state index >= 15 is 0 Å². The van der Waals surface area contributed by atoms with E-state index < -0.39 is 23.9 Å². The van der Waals surface area contributed by atoms with Gasteiger partial charge in [0.1, 0.15) is 11.5 Å². The number of carbonyl (C=O) groups is 1. The minimum Gasteiger partial charge on any atom is -0.746 e. The molecule has 0 bridgehead atoms. The first-order chi connectivity index (χ1) is 4.37. The van der Waals surface area contributed by atoms with Crippen molar-refractivity contribution in [2.75, 3.05) is 0 Å². The van der Waals surface area contributed by atoms with Gasteiger partial charge >= 0.3 is 29.5 Å². The second-order valence-corrected chi connectivity index (χ2v) is 1.22. The van der Waals surface area contributed by atoms with Crippen LogP contribution in [-0.2, 0) is 33.3 Å². The van der Waals surface area contributed by atoms with Gasteiger partial charge in [0.2, 0.25) is 0 Å². The summed E-state index contributed by atoms with van der Waals surface area (Å²) in [6.07, 6.45) is -3.23. The summed E-state index contributed by atoms with van der Waals surface area (Å²) in [6, 6.07) is 0. The number of hydrogen-bond donors (Lipinski definition) is 1. The molecule has 0 fully saturated rings. The summed E-state index contributed by atoms with van der Waals surface area (Å²) in [5.41, 5.74) is 0. The summed E-state index contributed by atoms with van der Waals surface area (Å²) < 4.78 is 47.7. The summed E-state index contributed by atoms with van der Waals surface area (Å²) in [4.78, 5) is 8.95. The van der Waals surface area contributed by atoms with Crippen LogP contribution in [0.1, 0.15) is 0 Å². The molecule has 0 aliphatic carbocycles. The van der Waals surface area contributed by atoms with Gasteiger partial charge in [-0.25, -0.2) is 9.00 Å². The van der Waals surface area contributed by atoms with Gasteiger partial charge in [0.15, 0.2) is 0 Å². The van der Waals surface area contributed by atoms with Crippen molar-refractivity contribution in [3.63, 3.8) is 0 Å². The molecule has 1 radical (unpaired) electrons. The maximum atomic E-state index is 10.6. The molecule has 4 nitrogen and oxygen atoms in total. The van der Waals surface area contributed by atoms with Crippen molar-refractivity contribution >= 4 is 41.4 Å². The van der Waals surface area contributed by atoms with Crippen LogP contribution in [-0.4, -0.2) is 26.3 Å².